The number of anilines is 2. The van der Waals surface area contributed by atoms with E-state index in [-0.39, 0.29) is 0 Å². The monoisotopic (exact) mass is 357 g/mol. The van der Waals surface area contributed by atoms with Gasteiger partial charge >= 0.3 is 0 Å². The van der Waals surface area contributed by atoms with Gasteiger partial charge < -0.3 is 10.6 Å². The van der Waals surface area contributed by atoms with Gasteiger partial charge in [0.15, 0.2) is 10.2 Å². The first-order valence-electron chi connectivity index (χ1n) is 6.63. The number of nitrogens with one attached hydrogen (secondary N) is 2. The number of hydrogen-bond acceptors (Lipinski definition) is 3. The maximum atomic E-state index is 6.11. The van der Waals surface area contributed by atoms with Crippen LogP contribution in [0.3, 0.4) is 0 Å². The Morgan fingerprint density at radius 2 is 2.00 bits per heavy atom. The lowest BCUT2D eigenvalue weighted by atomic mass is 10.0. The van der Waals surface area contributed by atoms with Crippen molar-refractivity contribution in [2.75, 3.05) is 10.6 Å². The highest BCUT2D eigenvalue weighted by molar-refractivity contribution is 7.80. The summed E-state index contributed by atoms with van der Waals surface area (Å²) in [4.78, 5) is 5.97. The third-order valence-electron chi connectivity index (χ3n) is 3.25. The number of rotatable bonds is 2. The smallest absolute Gasteiger partial charge is 0.189 e. The molecule has 0 bridgehead atoms. The molecule has 21 heavy (non-hydrogen) atoms. The molecule has 0 spiro atoms. The molecular weight excluding hydrogens is 345 g/mol. The van der Waals surface area contributed by atoms with E-state index in [1.54, 1.807) is 29.5 Å². The van der Waals surface area contributed by atoms with Crippen molar-refractivity contribution < 1.29 is 0 Å². The molecule has 0 atom stereocenters. The normalized spacial score (nSPS) is 13.6. The van der Waals surface area contributed by atoms with Gasteiger partial charge in [0.05, 0.1) is 16.4 Å². The second-order valence-corrected chi connectivity index (χ2v) is 7.13. The van der Waals surface area contributed by atoms with Crippen molar-refractivity contribution in [3.63, 3.8) is 0 Å². The Morgan fingerprint density at radius 1 is 1.19 bits per heavy atom. The van der Waals surface area contributed by atoms with Crippen molar-refractivity contribution in [2.24, 2.45) is 0 Å². The molecule has 0 unspecified atom stereocenters. The standard InChI is InChI=1S/C14H13Cl2N3S2/c15-8-5-6-10(9(16)7-8)17-13(20)19-14-18-11-3-1-2-4-12(11)21-14/h5-7H,1-4H2,(H2,17,18,19,20). The van der Waals surface area contributed by atoms with E-state index in [0.29, 0.717) is 15.2 Å². The average Bonchev–Trinajstić information content (AvgIpc) is 2.84. The fourth-order valence-electron chi connectivity index (χ4n) is 2.25. The first kappa shape index (κ1) is 15.0. The zero-order valence-electron chi connectivity index (χ0n) is 11.1. The Kier molecular flexibility index (Phi) is 4.64. The zero-order valence-corrected chi connectivity index (χ0v) is 14.2. The second kappa shape index (κ2) is 6.48. The predicted octanol–water partition coefficient (Wildman–Crippen LogP) is 5.14. The van der Waals surface area contributed by atoms with E-state index in [0.717, 1.165) is 23.7 Å². The summed E-state index contributed by atoms with van der Waals surface area (Å²) >= 11 is 19.0. The second-order valence-electron chi connectivity index (χ2n) is 4.80. The minimum absolute atomic E-state index is 0.477. The first-order valence-corrected chi connectivity index (χ1v) is 8.61. The molecule has 0 amide bonds. The Bertz CT molecular complexity index is 661. The lowest BCUT2D eigenvalue weighted by Gasteiger charge is -2.10. The highest BCUT2D eigenvalue weighted by Crippen LogP contribution is 2.30. The van der Waals surface area contributed by atoms with Crippen LogP contribution in [0.1, 0.15) is 23.4 Å². The highest BCUT2D eigenvalue weighted by Gasteiger charge is 2.15. The van der Waals surface area contributed by atoms with Crippen molar-refractivity contribution in [3.8, 4) is 0 Å². The van der Waals surface area contributed by atoms with Crippen LogP contribution in [-0.2, 0) is 12.8 Å². The van der Waals surface area contributed by atoms with Gasteiger partial charge in [0, 0.05) is 9.90 Å². The van der Waals surface area contributed by atoms with Gasteiger partial charge in [0.1, 0.15) is 0 Å². The summed E-state index contributed by atoms with van der Waals surface area (Å²) in [5.41, 5.74) is 1.93. The lowest BCUT2D eigenvalue weighted by molar-refractivity contribution is 0.683. The van der Waals surface area contributed by atoms with Gasteiger partial charge in [-0.25, -0.2) is 4.98 Å². The minimum atomic E-state index is 0.477. The van der Waals surface area contributed by atoms with E-state index in [9.17, 15) is 0 Å². The number of thiocarbonyl (C=S) groups is 1. The molecule has 1 aromatic heterocycles. The van der Waals surface area contributed by atoms with Gasteiger partial charge in [-0.2, -0.15) is 0 Å². The highest BCUT2D eigenvalue weighted by atomic mass is 35.5. The van der Waals surface area contributed by atoms with Crippen LogP contribution in [0.5, 0.6) is 0 Å². The van der Waals surface area contributed by atoms with Crippen LogP contribution < -0.4 is 10.6 Å². The summed E-state index contributed by atoms with van der Waals surface area (Å²) in [5.74, 6) is 0. The number of hydrogen-bond donors (Lipinski definition) is 2. The van der Waals surface area contributed by atoms with Gasteiger partial charge in [-0.05, 0) is 56.1 Å². The molecule has 0 aliphatic heterocycles. The number of fused-ring (bicyclic) bond motifs is 1. The number of thiazole rings is 1. The topological polar surface area (TPSA) is 37.0 Å². The van der Waals surface area contributed by atoms with Crippen molar-refractivity contribution >= 4 is 62.7 Å². The van der Waals surface area contributed by atoms with Gasteiger partial charge in [-0.3, -0.25) is 0 Å². The summed E-state index contributed by atoms with van der Waals surface area (Å²) in [5, 5.41) is 8.63. The van der Waals surface area contributed by atoms with Gasteiger partial charge in [0.25, 0.3) is 0 Å². The summed E-state index contributed by atoms with van der Waals surface area (Å²) in [6.07, 6.45) is 4.66. The molecule has 1 aromatic carbocycles. The maximum absolute atomic E-state index is 6.11. The summed E-state index contributed by atoms with van der Waals surface area (Å²) < 4.78 is 0. The minimum Gasteiger partial charge on any atom is -0.331 e. The van der Waals surface area contributed by atoms with Crippen LogP contribution in [0.25, 0.3) is 0 Å². The van der Waals surface area contributed by atoms with Crippen LogP contribution in [0.2, 0.25) is 10.0 Å². The van der Waals surface area contributed by atoms with Crippen molar-refractivity contribution in [3.05, 3.63) is 38.8 Å². The Morgan fingerprint density at radius 3 is 2.76 bits per heavy atom. The largest absolute Gasteiger partial charge is 0.331 e. The molecule has 2 N–H and O–H groups in total. The SMILES string of the molecule is S=C(Nc1nc2c(s1)CCCC2)Nc1ccc(Cl)cc1Cl. The van der Waals surface area contributed by atoms with E-state index < -0.39 is 0 Å². The van der Waals surface area contributed by atoms with E-state index in [1.807, 2.05) is 0 Å². The maximum Gasteiger partial charge on any atom is 0.189 e. The number of aryl methyl sites for hydroxylation is 2. The van der Waals surface area contributed by atoms with Crippen molar-refractivity contribution in [2.45, 2.75) is 25.7 Å². The summed E-state index contributed by atoms with van der Waals surface area (Å²) in [6.45, 7) is 0. The molecule has 1 aliphatic rings. The van der Waals surface area contributed by atoms with Crippen LogP contribution in [0, 0.1) is 0 Å². The van der Waals surface area contributed by atoms with Gasteiger partial charge in [0.2, 0.25) is 0 Å². The molecule has 1 aliphatic carbocycles. The van der Waals surface area contributed by atoms with Crippen LogP contribution in [0.4, 0.5) is 10.8 Å². The van der Waals surface area contributed by atoms with Gasteiger partial charge in [-0.15, -0.1) is 11.3 Å². The summed E-state index contributed by atoms with van der Waals surface area (Å²) in [7, 11) is 0. The number of halogens is 2. The van der Waals surface area contributed by atoms with E-state index in [2.05, 4.69) is 15.6 Å². The van der Waals surface area contributed by atoms with Crippen LogP contribution in [0.15, 0.2) is 18.2 Å². The van der Waals surface area contributed by atoms with Crippen molar-refractivity contribution in [1.29, 1.82) is 0 Å². The average molecular weight is 358 g/mol. The molecule has 0 saturated heterocycles. The third kappa shape index (κ3) is 3.66. The van der Waals surface area contributed by atoms with E-state index in [1.165, 1.54) is 23.4 Å². The molecule has 3 rings (SSSR count). The molecule has 2 aromatic rings. The molecular formula is C14H13Cl2N3S2. The molecule has 0 saturated carbocycles. The Balaban J connectivity index is 1.67. The van der Waals surface area contributed by atoms with Crippen molar-refractivity contribution in [1.82, 2.24) is 4.98 Å². The summed E-state index contributed by atoms with van der Waals surface area (Å²) in [6, 6.07) is 5.24. The van der Waals surface area contributed by atoms with Crippen LogP contribution in [-0.4, -0.2) is 10.1 Å². The van der Waals surface area contributed by atoms with E-state index >= 15 is 0 Å². The zero-order chi connectivity index (χ0) is 14.8. The Labute approximate surface area is 142 Å². The molecule has 0 fully saturated rings. The molecule has 7 heteroatoms. The first-order chi connectivity index (χ1) is 10.1. The fourth-order valence-corrected chi connectivity index (χ4v) is 4.03. The molecule has 110 valence electrons. The lowest BCUT2D eigenvalue weighted by Crippen LogP contribution is -2.19. The predicted molar refractivity (Wildman–Crippen MR) is 95.1 cm³/mol. The number of aromatic nitrogens is 1. The molecule has 0 radical (unpaired) electrons. The van der Waals surface area contributed by atoms with Gasteiger partial charge in [-0.1, -0.05) is 23.2 Å². The number of nitrogens with zero attached hydrogens (tertiary/aromatic N) is 1. The number of benzene rings is 1. The molecule has 3 nitrogen and oxygen atoms in total. The van der Waals surface area contributed by atoms with Crippen LogP contribution >= 0.6 is 46.8 Å². The van der Waals surface area contributed by atoms with E-state index in [4.69, 9.17) is 35.4 Å². The quantitative estimate of drug-likeness (QED) is 0.729. The molecule has 1 heterocycles. The fraction of sp³-hybridized carbons (Fsp3) is 0.286. The third-order valence-corrected chi connectivity index (χ3v) is 5.07. The Hall–Kier alpha value is -0.880.